The van der Waals surface area contributed by atoms with Crippen LogP contribution >= 0.6 is 11.6 Å². The number of rotatable bonds is 6. The molecule has 90 valence electrons. The second-order valence-electron chi connectivity index (χ2n) is 3.73. The lowest BCUT2D eigenvalue weighted by Crippen LogP contribution is -2.16. The molecular weight excluding hydrogens is 226 g/mol. The molecule has 1 heterocycles. The van der Waals surface area contributed by atoms with Gasteiger partial charge in [-0.1, -0.05) is 31.4 Å². The van der Waals surface area contributed by atoms with E-state index in [1.807, 2.05) is 0 Å². The molecule has 0 bridgehead atoms. The number of unbranched alkanes of at least 4 members (excludes halogenated alkanes) is 1. The van der Waals surface area contributed by atoms with Crippen LogP contribution in [0.25, 0.3) is 0 Å². The van der Waals surface area contributed by atoms with Crippen LogP contribution in [0.4, 0.5) is 5.82 Å². The van der Waals surface area contributed by atoms with Gasteiger partial charge in [-0.05, 0) is 13.3 Å². The maximum Gasteiger partial charge on any atom is 0.198 e. The third kappa shape index (κ3) is 3.52. The summed E-state index contributed by atoms with van der Waals surface area (Å²) in [6, 6.07) is 0.347. The van der Waals surface area contributed by atoms with Crippen molar-refractivity contribution in [2.45, 2.75) is 39.2 Å². The molecule has 0 fully saturated rings. The number of ether oxygens (including phenoxy) is 1. The molecule has 0 aliphatic carbocycles. The normalized spacial score (nSPS) is 12.2. The minimum Gasteiger partial charge on any atom is -0.490 e. The predicted octanol–water partition coefficient (Wildman–Crippen LogP) is 3.13. The Kier molecular flexibility index (Phi) is 5.32. The van der Waals surface area contributed by atoms with Crippen LogP contribution in [0, 0.1) is 0 Å². The molecule has 4 nitrogen and oxygen atoms in total. The van der Waals surface area contributed by atoms with Crippen LogP contribution in [0.5, 0.6) is 5.75 Å². The molecule has 1 N–H and O–H groups in total. The standard InChI is InChI=1S/C11H18ClN3O/c1-4-5-6-8(2)15-11-9(16-3)10(12)13-7-14-11/h7-8H,4-6H2,1-3H3,(H,13,14,15). The lowest BCUT2D eigenvalue weighted by Gasteiger charge is -2.16. The number of halogens is 1. The van der Waals surface area contributed by atoms with Gasteiger partial charge in [-0.15, -0.1) is 0 Å². The van der Waals surface area contributed by atoms with Crippen LogP contribution in [-0.4, -0.2) is 23.1 Å². The second-order valence-corrected chi connectivity index (χ2v) is 4.09. The summed E-state index contributed by atoms with van der Waals surface area (Å²) in [6.07, 6.45) is 4.91. The number of nitrogens with one attached hydrogen (secondary N) is 1. The Morgan fingerprint density at radius 1 is 1.50 bits per heavy atom. The van der Waals surface area contributed by atoms with E-state index in [1.165, 1.54) is 19.2 Å². The zero-order chi connectivity index (χ0) is 12.0. The van der Waals surface area contributed by atoms with Gasteiger partial charge in [-0.2, -0.15) is 0 Å². The predicted molar refractivity (Wildman–Crippen MR) is 66.2 cm³/mol. The molecule has 1 unspecified atom stereocenters. The Balaban J connectivity index is 2.69. The lowest BCUT2D eigenvalue weighted by molar-refractivity contribution is 0.412. The van der Waals surface area contributed by atoms with Crippen molar-refractivity contribution in [3.8, 4) is 5.75 Å². The fourth-order valence-corrected chi connectivity index (χ4v) is 1.66. The largest absolute Gasteiger partial charge is 0.490 e. The molecular formula is C11H18ClN3O. The van der Waals surface area contributed by atoms with Crippen molar-refractivity contribution >= 4 is 17.4 Å². The van der Waals surface area contributed by atoms with Crippen molar-refractivity contribution in [3.63, 3.8) is 0 Å². The number of hydrogen-bond acceptors (Lipinski definition) is 4. The molecule has 0 amide bonds. The molecule has 0 spiro atoms. The first-order valence-electron chi connectivity index (χ1n) is 5.50. The molecule has 0 radical (unpaired) electrons. The van der Waals surface area contributed by atoms with Crippen LogP contribution in [0.1, 0.15) is 33.1 Å². The van der Waals surface area contributed by atoms with Crippen LogP contribution in [0.15, 0.2) is 6.33 Å². The quantitative estimate of drug-likeness (QED) is 0.780. The van der Waals surface area contributed by atoms with E-state index in [0.29, 0.717) is 22.8 Å². The minimum absolute atomic E-state index is 0.336. The summed E-state index contributed by atoms with van der Waals surface area (Å²) in [7, 11) is 1.56. The molecule has 0 saturated heterocycles. The minimum atomic E-state index is 0.336. The van der Waals surface area contributed by atoms with Crippen molar-refractivity contribution < 1.29 is 4.74 Å². The van der Waals surface area contributed by atoms with Gasteiger partial charge in [-0.25, -0.2) is 9.97 Å². The summed E-state index contributed by atoms with van der Waals surface area (Å²) in [4.78, 5) is 8.00. The van der Waals surface area contributed by atoms with Gasteiger partial charge in [0.2, 0.25) is 0 Å². The molecule has 16 heavy (non-hydrogen) atoms. The monoisotopic (exact) mass is 243 g/mol. The molecule has 0 saturated carbocycles. The SMILES string of the molecule is CCCCC(C)Nc1ncnc(Cl)c1OC. The van der Waals surface area contributed by atoms with Crippen molar-refractivity contribution in [2.75, 3.05) is 12.4 Å². The Bertz CT molecular complexity index is 333. The fraction of sp³-hybridized carbons (Fsp3) is 0.636. The Morgan fingerprint density at radius 2 is 2.25 bits per heavy atom. The highest BCUT2D eigenvalue weighted by molar-refractivity contribution is 6.31. The van der Waals surface area contributed by atoms with Gasteiger partial charge < -0.3 is 10.1 Å². The van der Waals surface area contributed by atoms with E-state index in [4.69, 9.17) is 16.3 Å². The van der Waals surface area contributed by atoms with E-state index < -0.39 is 0 Å². The average Bonchev–Trinajstić information content (AvgIpc) is 2.27. The molecule has 1 aromatic heterocycles. The molecule has 1 aromatic rings. The first-order chi connectivity index (χ1) is 7.69. The third-order valence-electron chi connectivity index (χ3n) is 2.34. The van der Waals surface area contributed by atoms with Crippen molar-refractivity contribution in [1.82, 2.24) is 9.97 Å². The van der Waals surface area contributed by atoms with Gasteiger partial charge >= 0.3 is 0 Å². The van der Waals surface area contributed by atoms with Crippen molar-refractivity contribution in [3.05, 3.63) is 11.5 Å². The van der Waals surface area contributed by atoms with E-state index in [-0.39, 0.29) is 0 Å². The summed E-state index contributed by atoms with van der Waals surface area (Å²) in [5.74, 6) is 1.17. The number of anilines is 1. The van der Waals surface area contributed by atoms with Gasteiger partial charge in [-0.3, -0.25) is 0 Å². The molecule has 0 aliphatic heterocycles. The van der Waals surface area contributed by atoms with Crippen LogP contribution in [0.2, 0.25) is 5.15 Å². The van der Waals surface area contributed by atoms with Crippen LogP contribution in [-0.2, 0) is 0 Å². The summed E-state index contributed by atoms with van der Waals surface area (Å²) in [5, 5.41) is 3.61. The Labute approximate surface area is 101 Å². The zero-order valence-corrected chi connectivity index (χ0v) is 10.7. The summed E-state index contributed by atoms with van der Waals surface area (Å²) in [5.41, 5.74) is 0. The Morgan fingerprint density at radius 3 is 2.88 bits per heavy atom. The van der Waals surface area contributed by atoms with Crippen LogP contribution < -0.4 is 10.1 Å². The summed E-state index contributed by atoms with van der Waals surface area (Å²) < 4.78 is 5.16. The van der Waals surface area contributed by atoms with Gasteiger partial charge in [0.1, 0.15) is 6.33 Å². The highest BCUT2D eigenvalue weighted by Crippen LogP contribution is 2.29. The maximum atomic E-state index is 5.90. The highest BCUT2D eigenvalue weighted by atomic mass is 35.5. The van der Waals surface area contributed by atoms with E-state index >= 15 is 0 Å². The molecule has 0 aromatic carbocycles. The lowest BCUT2D eigenvalue weighted by atomic mass is 10.1. The smallest absolute Gasteiger partial charge is 0.198 e. The first-order valence-corrected chi connectivity index (χ1v) is 5.87. The first kappa shape index (κ1) is 13.0. The average molecular weight is 244 g/mol. The second kappa shape index (κ2) is 6.53. The molecule has 5 heteroatoms. The fourth-order valence-electron chi connectivity index (χ4n) is 1.45. The Hall–Kier alpha value is -1.03. The molecule has 1 atom stereocenters. The number of hydrogen-bond donors (Lipinski definition) is 1. The van der Waals surface area contributed by atoms with Gasteiger partial charge in [0.05, 0.1) is 7.11 Å². The zero-order valence-electron chi connectivity index (χ0n) is 9.96. The number of nitrogens with zero attached hydrogens (tertiary/aromatic N) is 2. The van der Waals surface area contributed by atoms with Gasteiger partial charge in [0.15, 0.2) is 16.7 Å². The maximum absolute atomic E-state index is 5.90. The van der Waals surface area contributed by atoms with Gasteiger partial charge in [0, 0.05) is 6.04 Å². The van der Waals surface area contributed by atoms with E-state index in [1.54, 1.807) is 7.11 Å². The van der Waals surface area contributed by atoms with Gasteiger partial charge in [0.25, 0.3) is 0 Å². The van der Waals surface area contributed by atoms with E-state index in [2.05, 4.69) is 29.1 Å². The summed E-state index contributed by atoms with van der Waals surface area (Å²) in [6.45, 7) is 4.29. The number of aromatic nitrogens is 2. The topological polar surface area (TPSA) is 47.0 Å². The van der Waals surface area contributed by atoms with Crippen LogP contribution in [0.3, 0.4) is 0 Å². The number of methoxy groups -OCH3 is 1. The molecule has 0 aliphatic rings. The summed E-state index contributed by atoms with van der Waals surface area (Å²) >= 11 is 5.90. The third-order valence-corrected chi connectivity index (χ3v) is 2.61. The van der Waals surface area contributed by atoms with E-state index in [0.717, 1.165) is 6.42 Å². The van der Waals surface area contributed by atoms with Crippen molar-refractivity contribution in [2.24, 2.45) is 0 Å². The van der Waals surface area contributed by atoms with E-state index in [9.17, 15) is 0 Å². The molecule has 1 rings (SSSR count). The highest BCUT2D eigenvalue weighted by Gasteiger charge is 2.12. The van der Waals surface area contributed by atoms with Crippen molar-refractivity contribution in [1.29, 1.82) is 0 Å².